The lowest BCUT2D eigenvalue weighted by Crippen LogP contribution is -2.25. The maximum absolute atomic E-state index is 14.7. The van der Waals surface area contributed by atoms with Crippen molar-refractivity contribution in [2.45, 2.75) is 37.5 Å². The highest BCUT2D eigenvalue weighted by atomic mass is 19.3. The summed E-state index contributed by atoms with van der Waals surface area (Å²) in [5.41, 5.74) is 0.723. The molecule has 37 heavy (non-hydrogen) atoms. The predicted octanol–water partition coefficient (Wildman–Crippen LogP) is 6.29. The zero-order chi connectivity index (χ0) is 26.2. The predicted molar refractivity (Wildman–Crippen MR) is 125 cm³/mol. The maximum Gasteiger partial charge on any atom is 0.277 e. The fraction of sp³-hybridized carbons (Fsp3) is 0.231. The van der Waals surface area contributed by atoms with Crippen LogP contribution in [0.4, 0.5) is 27.6 Å². The second kappa shape index (κ2) is 9.72. The van der Waals surface area contributed by atoms with Crippen molar-refractivity contribution < 1.29 is 26.7 Å². The van der Waals surface area contributed by atoms with Crippen molar-refractivity contribution in [3.63, 3.8) is 0 Å². The number of nitrogens with one attached hydrogen (secondary N) is 1. The Kier molecular flexibility index (Phi) is 6.45. The van der Waals surface area contributed by atoms with Gasteiger partial charge in [0.05, 0.1) is 23.3 Å². The molecule has 0 spiro atoms. The molecule has 0 saturated heterocycles. The second-order valence-corrected chi connectivity index (χ2v) is 8.82. The summed E-state index contributed by atoms with van der Waals surface area (Å²) in [4.78, 5) is 18.7. The minimum atomic E-state index is -2.79. The number of alkyl halides is 2. The first-order valence-electron chi connectivity index (χ1n) is 11.5. The number of carbonyl (C=O) groups excluding carboxylic acids is 1. The number of anilines is 1. The smallest absolute Gasteiger partial charge is 0.277 e. The molecular formula is C26H20F5N5O. The van der Waals surface area contributed by atoms with Gasteiger partial charge in [-0.2, -0.15) is 9.90 Å². The average Bonchev–Trinajstić information content (AvgIpc) is 3.37. The molecule has 2 aromatic carbocycles. The van der Waals surface area contributed by atoms with Gasteiger partial charge in [-0.1, -0.05) is 0 Å². The molecule has 0 unspecified atom stereocenters. The molecule has 0 atom stereocenters. The standard InChI is InChI=1S/C26H20F5N5O/c27-16-1-4-18(5-2-16)36-33-14-22(35-36)25(37)34-24-19(20-13-17(28)3-6-21(20)29)9-12-32-23(24)15-7-10-26(30,31)11-8-15/h1-6,9,12-15H,7-8,10-11H2,(H,34,37). The van der Waals surface area contributed by atoms with Gasteiger partial charge in [-0.3, -0.25) is 9.78 Å². The van der Waals surface area contributed by atoms with E-state index in [0.717, 1.165) is 23.0 Å². The van der Waals surface area contributed by atoms with Crippen LogP contribution in [0.2, 0.25) is 0 Å². The van der Waals surface area contributed by atoms with Crippen LogP contribution in [0.5, 0.6) is 0 Å². The Balaban J connectivity index is 1.52. The molecule has 1 aliphatic rings. The Hall–Kier alpha value is -4.15. The zero-order valence-corrected chi connectivity index (χ0v) is 19.3. The van der Waals surface area contributed by atoms with Crippen molar-refractivity contribution in [1.29, 1.82) is 0 Å². The first-order valence-corrected chi connectivity index (χ1v) is 11.5. The molecule has 1 amide bonds. The quantitative estimate of drug-likeness (QED) is 0.318. The van der Waals surface area contributed by atoms with E-state index < -0.39 is 35.2 Å². The monoisotopic (exact) mass is 513 g/mol. The van der Waals surface area contributed by atoms with E-state index >= 15 is 0 Å². The third-order valence-electron chi connectivity index (χ3n) is 6.32. The van der Waals surface area contributed by atoms with Gasteiger partial charge in [0.25, 0.3) is 5.91 Å². The van der Waals surface area contributed by atoms with Crippen LogP contribution in [0.1, 0.15) is 47.8 Å². The van der Waals surface area contributed by atoms with Crippen molar-refractivity contribution >= 4 is 11.6 Å². The SMILES string of the molecule is O=C(Nc1c(-c2cc(F)ccc2F)ccnc1C1CCC(F)(F)CC1)c1cnn(-c2ccc(F)cc2)n1. The first kappa shape index (κ1) is 24.5. The number of pyridine rings is 1. The number of hydrogen-bond acceptors (Lipinski definition) is 4. The Morgan fingerprint density at radius 2 is 1.65 bits per heavy atom. The number of rotatable bonds is 5. The highest BCUT2D eigenvalue weighted by molar-refractivity contribution is 6.05. The molecule has 0 radical (unpaired) electrons. The molecule has 11 heteroatoms. The van der Waals surface area contributed by atoms with Crippen LogP contribution in [0, 0.1) is 17.5 Å². The lowest BCUT2D eigenvalue weighted by Gasteiger charge is -2.29. The Bertz CT molecular complexity index is 1440. The summed E-state index contributed by atoms with van der Waals surface area (Å²) in [6.07, 6.45) is 2.09. The molecule has 5 rings (SSSR count). The fourth-order valence-electron chi connectivity index (χ4n) is 4.40. The molecule has 4 aromatic rings. The van der Waals surface area contributed by atoms with Crippen LogP contribution in [0.15, 0.2) is 60.9 Å². The third kappa shape index (κ3) is 5.20. The van der Waals surface area contributed by atoms with Crippen LogP contribution >= 0.6 is 0 Å². The Morgan fingerprint density at radius 3 is 2.38 bits per heavy atom. The van der Waals surface area contributed by atoms with Crippen LogP contribution in [-0.4, -0.2) is 31.8 Å². The number of aromatic nitrogens is 4. The van der Waals surface area contributed by atoms with Gasteiger partial charge in [0.15, 0.2) is 5.69 Å². The summed E-state index contributed by atoms with van der Waals surface area (Å²) in [7, 11) is 0. The number of amides is 1. The van der Waals surface area contributed by atoms with Gasteiger partial charge in [0.2, 0.25) is 5.92 Å². The van der Waals surface area contributed by atoms with Crippen molar-refractivity contribution in [3.05, 3.63) is 89.8 Å². The summed E-state index contributed by atoms with van der Waals surface area (Å²) in [6, 6.07) is 9.64. The molecule has 2 aromatic heterocycles. The Labute approximate surface area is 208 Å². The Morgan fingerprint density at radius 1 is 0.946 bits per heavy atom. The van der Waals surface area contributed by atoms with E-state index in [4.69, 9.17) is 0 Å². The van der Waals surface area contributed by atoms with E-state index in [2.05, 4.69) is 20.5 Å². The summed E-state index contributed by atoms with van der Waals surface area (Å²) < 4.78 is 69.6. The molecule has 1 saturated carbocycles. The van der Waals surface area contributed by atoms with Gasteiger partial charge in [0.1, 0.15) is 17.5 Å². The molecule has 1 fully saturated rings. The van der Waals surface area contributed by atoms with E-state index in [9.17, 15) is 26.7 Å². The van der Waals surface area contributed by atoms with Gasteiger partial charge >= 0.3 is 0 Å². The summed E-state index contributed by atoms with van der Waals surface area (Å²) in [6.45, 7) is 0. The summed E-state index contributed by atoms with van der Waals surface area (Å²) >= 11 is 0. The highest BCUT2D eigenvalue weighted by Crippen LogP contribution is 2.44. The van der Waals surface area contributed by atoms with Crippen molar-refractivity contribution in [3.8, 4) is 16.8 Å². The number of nitrogens with zero attached hydrogens (tertiary/aromatic N) is 4. The maximum atomic E-state index is 14.7. The second-order valence-electron chi connectivity index (χ2n) is 8.82. The fourth-order valence-corrected chi connectivity index (χ4v) is 4.40. The average molecular weight is 513 g/mol. The summed E-state index contributed by atoms with van der Waals surface area (Å²) in [5, 5.41) is 10.8. The largest absolute Gasteiger partial charge is 0.318 e. The van der Waals surface area contributed by atoms with E-state index in [1.54, 1.807) is 0 Å². The van der Waals surface area contributed by atoms with Gasteiger partial charge in [-0.25, -0.2) is 22.0 Å². The van der Waals surface area contributed by atoms with Gasteiger partial charge in [0, 0.05) is 36.1 Å². The highest BCUT2D eigenvalue weighted by Gasteiger charge is 2.37. The molecule has 0 aliphatic heterocycles. The molecule has 0 bridgehead atoms. The van der Waals surface area contributed by atoms with Gasteiger partial charge in [-0.05, 0) is 61.4 Å². The third-order valence-corrected chi connectivity index (χ3v) is 6.32. The van der Waals surface area contributed by atoms with Crippen LogP contribution in [0.25, 0.3) is 16.8 Å². The molecule has 1 N–H and O–H groups in total. The number of halogens is 5. The van der Waals surface area contributed by atoms with Gasteiger partial charge < -0.3 is 5.32 Å². The first-order chi connectivity index (χ1) is 17.7. The van der Waals surface area contributed by atoms with E-state index in [1.807, 2.05) is 0 Å². The van der Waals surface area contributed by atoms with E-state index in [-0.39, 0.29) is 48.2 Å². The number of benzene rings is 2. The normalized spacial score (nSPS) is 15.5. The number of hydrogen-bond donors (Lipinski definition) is 1. The van der Waals surface area contributed by atoms with Crippen molar-refractivity contribution in [2.24, 2.45) is 0 Å². The van der Waals surface area contributed by atoms with E-state index in [0.29, 0.717) is 11.4 Å². The lowest BCUT2D eigenvalue weighted by molar-refractivity contribution is -0.0384. The number of carbonyl (C=O) groups is 1. The molecule has 1 aliphatic carbocycles. The van der Waals surface area contributed by atoms with Crippen LogP contribution in [0.3, 0.4) is 0 Å². The minimum absolute atomic E-state index is 0.0866. The van der Waals surface area contributed by atoms with Gasteiger partial charge in [-0.15, -0.1) is 5.10 Å². The minimum Gasteiger partial charge on any atom is -0.318 e. The zero-order valence-electron chi connectivity index (χ0n) is 19.3. The summed E-state index contributed by atoms with van der Waals surface area (Å²) in [5.74, 6) is -5.80. The lowest BCUT2D eigenvalue weighted by atomic mass is 9.83. The molecule has 190 valence electrons. The van der Waals surface area contributed by atoms with Crippen LogP contribution in [-0.2, 0) is 0 Å². The van der Waals surface area contributed by atoms with Crippen LogP contribution < -0.4 is 5.32 Å². The van der Waals surface area contributed by atoms with E-state index in [1.165, 1.54) is 42.7 Å². The van der Waals surface area contributed by atoms with Crippen molar-refractivity contribution in [2.75, 3.05) is 5.32 Å². The molecule has 2 heterocycles. The van der Waals surface area contributed by atoms with Crippen molar-refractivity contribution in [1.82, 2.24) is 20.0 Å². The topological polar surface area (TPSA) is 72.7 Å². The molecular weight excluding hydrogens is 493 g/mol. The molecule has 6 nitrogen and oxygen atoms in total.